The van der Waals surface area contributed by atoms with E-state index in [0.29, 0.717) is 22.5 Å². The summed E-state index contributed by atoms with van der Waals surface area (Å²) in [4.78, 5) is 0. The van der Waals surface area contributed by atoms with Crippen LogP contribution in [0.2, 0.25) is 0 Å². The van der Waals surface area contributed by atoms with Crippen LogP contribution in [0.25, 0.3) is 0 Å². The summed E-state index contributed by atoms with van der Waals surface area (Å²) >= 11 is 1.96. The van der Waals surface area contributed by atoms with E-state index in [9.17, 15) is 13.9 Å². The van der Waals surface area contributed by atoms with E-state index in [-0.39, 0.29) is 0 Å². The third kappa shape index (κ3) is 2.54. The molecule has 1 aromatic rings. The molecule has 2 atom stereocenters. The summed E-state index contributed by atoms with van der Waals surface area (Å²) in [5, 5.41) is 11.7. The zero-order chi connectivity index (χ0) is 12.8. The Morgan fingerprint density at radius 2 is 1.67 bits per heavy atom. The average Bonchev–Trinajstić information content (AvgIpc) is 2.56. The van der Waals surface area contributed by atoms with Gasteiger partial charge in [-0.15, -0.1) is 0 Å². The molecule has 2 aliphatic heterocycles. The Hall–Kier alpha value is -0.610. The first kappa shape index (κ1) is 12.4. The lowest BCUT2D eigenvalue weighted by Crippen LogP contribution is -2.39. The first-order valence-corrected chi connectivity index (χ1v) is 7.30. The minimum atomic E-state index is -0.780. The fourth-order valence-electron chi connectivity index (χ4n) is 3.25. The molecule has 2 unspecified atom stereocenters. The van der Waals surface area contributed by atoms with Gasteiger partial charge in [0.25, 0.3) is 0 Å². The lowest BCUT2D eigenvalue weighted by molar-refractivity contribution is 0.0241. The number of benzene rings is 1. The zero-order valence-corrected chi connectivity index (χ0v) is 10.9. The van der Waals surface area contributed by atoms with Crippen LogP contribution in [0.1, 0.15) is 31.2 Å². The van der Waals surface area contributed by atoms with Crippen molar-refractivity contribution >= 4 is 11.8 Å². The Bertz CT molecular complexity index is 431. The molecule has 3 rings (SSSR count). The molecule has 4 heteroatoms. The van der Waals surface area contributed by atoms with Gasteiger partial charge in [-0.25, -0.2) is 8.78 Å². The molecule has 2 fully saturated rings. The largest absolute Gasteiger partial charge is 0.389 e. The summed E-state index contributed by atoms with van der Waals surface area (Å²) in [7, 11) is 0. The molecule has 1 aromatic carbocycles. The van der Waals surface area contributed by atoms with E-state index in [2.05, 4.69) is 0 Å². The standard InChI is InChI=1S/C14H16F2OS/c15-10-3-9(4-11(16)5-10)6-14(17)7-12-1-2-13(8-14)18-12/h3-5,12-13,17H,1-2,6-8H2. The molecule has 1 nitrogen and oxygen atoms in total. The van der Waals surface area contributed by atoms with Gasteiger partial charge in [-0.05, 0) is 43.4 Å². The molecule has 18 heavy (non-hydrogen) atoms. The van der Waals surface area contributed by atoms with E-state index < -0.39 is 17.2 Å². The van der Waals surface area contributed by atoms with Crippen LogP contribution < -0.4 is 0 Å². The highest BCUT2D eigenvalue weighted by Crippen LogP contribution is 2.48. The lowest BCUT2D eigenvalue weighted by atomic mass is 9.87. The average molecular weight is 270 g/mol. The fourth-order valence-corrected chi connectivity index (χ4v) is 5.15. The molecular formula is C14H16F2OS. The minimum absolute atomic E-state index is 0.356. The molecule has 1 N–H and O–H groups in total. The van der Waals surface area contributed by atoms with Crippen molar-refractivity contribution in [1.29, 1.82) is 0 Å². The Kier molecular flexibility index (Phi) is 3.10. The van der Waals surface area contributed by atoms with Crippen molar-refractivity contribution in [2.24, 2.45) is 0 Å². The topological polar surface area (TPSA) is 20.2 Å². The predicted molar refractivity (Wildman–Crippen MR) is 68.6 cm³/mol. The summed E-state index contributed by atoms with van der Waals surface area (Å²) in [6.45, 7) is 0. The fraction of sp³-hybridized carbons (Fsp3) is 0.571. The second-order valence-corrected chi connectivity index (χ2v) is 7.15. The van der Waals surface area contributed by atoms with Crippen molar-refractivity contribution in [3.63, 3.8) is 0 Å². The first-order valence-electron chi connectivity index (χ1n) is 6.35. The van der Waals surface area contributed by atoms with Crippen LogP contribution in [-0.2, 0) is 6.42 Å². The van der Waals surface area contributed by atoms with Crippen LogP contribution in [0.15, 0.2) is 18.2 Å². The van der Waals surface area contributed by atoms with Gasteiger partial charge in [0, 0.05) is 23.0 Å². The first-order chi connectivity index (χ1) is 8.52. The van der Waals surface area contributed by atoms with Crippen LogP contribution in [0.5, 0.6) is 0 Å². The van der Waals surface area contributed by atoms with E-state index in [4.69, 9.17) is 0 Å². The molecule has 2 aliphatic rings. The molecule has 0 radical (unpaired) electrons. The van der Waals surface area contributed by atoms with Crippen molar-refractivity contribution in [2.75, 3.05) is 0 Å². The van der Waals surface area contributed by atoms with E-state index in [1.54, 1.807) is 0 Å². The maximum atomic E-state index is 13.1. The van der Waals surface area contributed by atoms with E-state index in [1.165, 1.54) is 12.1 Å². The molecule has 0 amide bonds. The number of hydrogen-bond donors (Lipinski definition) is 1. The van der Waals surface area contributed by atoms with Gasteiger partial charge in [-0.2, -0.15) is 11.8 Å². The Morgan fingerprint density at radius 3 is 2.22 bits per heavy atom. The van der Waals surface area contributed by atoms with Gasteiger partial charge < -0.3 is 5.11 Å². The number of hydrogen-bond acceptors (Lipinski definition) is 2. The number of aliphatic hydroxyl groups is 1. The zero-order valence-electron chi connectivity index (χ0n) is 10.0. The van der Waals surface area contributed by atoms with Crippen molar-refractivity contribution in [1.82, 2.24) is 0 Å². The van der Waals surface area contributed by atoms with Crippen molar-refractivity contribution < 1.29 is 13.9 Å². The van der Waals surface area contributed by atoms with Crippen LogP contribution in [-0.4, -0.2) is 21.2 Å². The van der Waals surface area contributed by atoms with Crippen molar-refractivity contribution in [3.8, 4) is 0 Å². The molecule has 2 saturated heterocycles. The second-order valence-electron chi connectivity index (χ2n) is 5.54. The normalized spacial score (nSPS) is 34.8. The Morgan fingerprint density at radius 1 is 1.11 bits per heavy atom. The highest BCUT2D eigenvalue weighted by Gasteiger charge is 2.43. The minimum Gasteiger partial charge on any atom is -0.389 e. The van der Waals surface area contributed by atoms with Gasteiger partial charge in [0.05, 0.1) is 5.60 Å². The summed E-state index contributed by atoms with van der Waals surface area (Å²) < 4.78 is 26.3. The number of thioether (sulfide) groups is 1. The van der Waals surface area contributed by atoms with Crippen molar-refractivity contribution in [2.45, 2.75) is 48.2 Å². The summed E-state index contributed by atoms with van der Waals surface area (Å²) in [6, 6.07) is 3.52. The third-order valence-corrected chi connectivity index (χ3v) is 5.44. The third-order valence-electron chi connectivity index (χ3n) is 3.87. The second kappa shape index (κ2) is 4.49. The van der Waals surface area contributed by atoms with Gasteiger partial charge in [0.15, 0.2) is 0 Å². The molecule has 0 aromatic heterocycles. The van der Waals surface area contributed by atoms with Gasteiger partial charge in [-0.1, -0.05) is 0 Å². The molecule has 0 saturated carbocycles. The quantitative estimate of drug-likeness (QED) is 0.890. The summed E-state index contributed by atoms with van der Waals surface area (Å²) in [5.41, 5.74) is -0.224. The maximum Gasteiger partial charge on any atom is 0.126 e. The molecule has 2 bridgehead atoms. The summed E-state index contributed by atoms with van der Waals surface area (Å²) in [5.74, 6) is -1.14. The monoisotopic (exact) mass is 270 g/mol. The summed E-state index contributed by atoms with van der Waals surface area (Å²) in [6.07, 6.45) is 4.16. The van der Waals surface area contributed by atoms with Crippen LogP contribution in [0.4, 0.5) is 8.78 Å². The SMILES string of the molecule is OC1(Cc2cc(F)cc(F)c2)CC2CCC(C1)S2. The highest BCUT2D eigenvalue weighted by molar-refractivity contribution is 8.00. The number of rotatable bonds is 2. The Labute approximate surface area is 110 Å². The van der Waals surface area contributed by atoms with Crippen LogP contribution in [0, 0.1) is 11.6 Å². The number of halogens is 2. The lowest BCUT2D eigenvalue weighted by Gasteiger charge is -2.36. The predicted octanol–water partition coefficient (Wildman–Crippen LogP) is 3.30. The molecule has 0 aliphatic carbocycles. The molecule has 0 spiro atoms. The van der Waals surface area contributed by atoms with Gasteiger partial charge in [-0.3, -0.25) is 0 Å². The van der Waals surface area contributed by atoms with Gasteiger partial charge >= 0.3 is 0 Å². The van der Waals surface area contributed by atoms with Gasteiger partial charge in [0.1, 0.15) is 11.6 Å². The van der Waals surface area contributed by atoms with Gasteiger partial charge in [0.2, 0.25) is 0 Å². The van der Waals surface area contributed by atoms with E-state index in [0.717, 1.165) is 31.7 Å². The van der Waals surface area contributed by atoms with Crippen LogP contribution in [0.3, 0.4) is 0 Å². The van der Waals surface area contributed by atoms with Crippen molar-refractivity contribution in [3.05, 3.63) is 35.4 Å². The van der Waals surface area contributed by atoms with Crippen LogP contribution >= 0.6 is 11.8 Å². The Balaban J connectivity index is 1.79. The molecule has 2 heterocycles. The van der Waals surface area contributed by atoms with E-state index in [1.807, 2.05) is 11.8 Å². The molecular weight excluding hydrogens is 254 g/mol. The molecule has 98 valence electrons. The maximum absolute atomic E-state index is 13.1. The van der Waals surface area contributed by atoms with E-state index >= 15 is 0 Å². The number of fused-ring (bicyclic) bond motifs is 2. The smallest absolute Gasteiger partial charge is 0.126 e. The highest BCUT2D eigenvalue weighted by atomic mass is 32.2.